The number of aliphatic hydroxyl groups excluding tert-OH is 1. The number of primary amides is 1. The summed E-state index contributed by atoms with van der Waals surface area (Å²) >= 11 is 0. The molecule has 0 aliphatic carbocycles. The number of rotatable bonds is 7. The van der Waals surface area contributed by atoms with Crippen LogP contribution >= 0.6 is 0 Å². The van der Waals surface area contributed by atoms with Gasteiger partial charge in [0.1, 0.15) is 11.4 Å². The third-order valence-electron chi connectivity index (χ3n) is 5.79. The van der Waals surface area contributed by atoms with Crippen LogP contribution in [0.15, 0.2) is 60.9 Å². The van der Waals surface area contributed by atoms with Gasteiger partial charge in [0.2, 0.25) is 0 Å². The first-order valence-electron chi connectivity index (χ1n) is 11.6. The molecule has 0 aliphatic heterocycles. The second-order valence-electron chi connectivity index (χ2n) is 8.88. The van der Waals surface area contributed by atoms with Crippen molar-refractivity contribution in [3.8, 4) is 17.6 Å². The maximum atomic E-state index is 12.4. The number of fused-ring (bicyclic) bond motifs is 1. The van der Waals surface area contributed by atoms with Crippen molar-refractivity contribution in [3.63, 3.8) is 0 Å². The number of benzene rings is 2. The Morgan fingerprint density at radius 3 is 2.69 bits per heavy atom. The fraction of sp³-hybridized carbons (Fsp3) is 0.241. The molecule has 0 radical (unpaired) electrons. The van der Waals surface area contributed by atoms with E-state index in [1.54, 1.807) is 12.3 Å². The predicted molar refractivity (Wildman–Crippen MR) is 138 cm³/mol. The zero-order valence-corrected chi connectivity index (χ0v) is 20.1. The first-order chi connectivity index (χ1) is 16.9. The number of amides is 1. The molecule has 6 nitrogen and oxygen atoms in total. The quantitative estimate of drug-likeness (QED) is 0.349. The average molecular weight is 468 g/mol. The Balaban J connectivity index is 1.82. The lowest BCUT2D eigenvalue weighted by Crippen LogP contribution is -2.19. The SMILES string of the molecule is Cc1ccnc(C#Cc2cc(C(N)=O)c(OC(C)C)c([C@H](CO)Cc3c[nH]c4ccccc34)c2)c1. The van der Waals surface area contributed by atoms with Gasteiger partial charge in [-0.1, -0.05) is 24.1 Å². The highest BCUT2D eigenvalue weighted by Gasteiger charge is 2.24. The molecule has 4 aromatic rings. The molecule has 0 aliphatic rings. The standard InChI is InChI=1S/C29H29N3O3/c1-18(2)35-28-25(22(17-33)15-21-16-32-27-7-5-4-6-24(21)27)13-20(14-26(28)29(30)34)8-9-23-12-19(3)10-11-31-23/h4-7,10-14,16,18,22,32-33H,15,17H2,1-3H3,(H2,30,34)/t22-/m0/s1. The predicted octanol–water partition coefficient (Wildman–Crippen LogP) is 4.48. The lowest BCUT2D eigenvalue weighted by molar-refractivity contribution is 0.0994. The van der Waals surface area contributed by atoms with Gasteiger partial charge >= 0.3 is 0 Å². The molecule has 4 N–H and O–H groups in total. The van der Waals surface area contributed by atoms with Gasteiger partial charge < -0.3 is 20.6 Å². The first-order valence-corrected chi connectivity index (χ1v) is 11.6. The first kappa shape index (κ1) is 24.1. The number of aryl methyl sites for hydroxylation is 1. The zero-order valence-electron chi connectivity index (χ0n) is 20.1. The van der Waals surface area contributed by atoms with Crippen molar-refractivity contribution in [2.45, 2.75) is 39.2 Å². The molecule has 2 aromatic carbocycles. The van der Waals surface area contributed by atoms with E-state index in [-0.39, 0.29) is 24.2 Å². The molecule has 0 fully saturated rings. The Morgan fingerprint density at radius 2 is 1.97 bits per heavy atom. The van der Waals surface area contributed by atoms with Gasteiger partial charge in [-0.05, 0) is 74.6 Å². The number of ether oxygens (including phenoxy) is 1. The van der Waals surface area contributed by atoms with Gasteiger partial charge in [-0.25, -0.2) is 4.98 Å². The summed E-state index contributed by atoms with van der Waals surface area (Å²) in [6, 6.07) is 15.4. The highest BCUT2D eigenvalue weighted by molar-refractivity contribution is 5.96. The third-order valence-corrected chi connectivity index (χ3v) is 5.79. The highest BCUT2D eigenvalue weighted by Crippen LogP contribution is 2.35. The molecule has 4 rings (SSSR count). The number of nitrogens with zero attached hydrogens (tertiary/aromatic N) is 1. The number of nitrogens with two attached hydrogens (primary N) is 1. The van der Waals surface area contributed by atoms with Crippen LogP contribution in [-0.2, 0) is 6.42 Å². The van der Waals surface area contributed by atoms with E-state index >= 15 is 0 Å². The smallest absolute Gasteiger partial charge is 0.252 e. The van der Waals surface area contributed by atoms with Gasteiger partial charge in [0, 0.05) is 40.3 Å². The summed E-state index contributed by atoms with van der Waals surface area (Å²) in [5.74, 6) is 5.62. The van der Waals surface area contributed by atoms with Gasteiger partial charge in [0.15, 0.2) is 0 Å². The van der Waals surface area contributed by atoms with Gasteiger partial charge in [-0.15, -0.1) is 0 Å². The molecule has 2 heterocycles. The highest BCUT2D eigenvalue weighted by atomic mass is 16.5. The van der Waals surface area contributed by atoms with Gasteiger partial charge in [-0.2, -0.15) is 0 Å². The summed E-state index contributed by atoms with van der Waals surface area (Å²) in [6.07, 6.45) is 4.03. The Morgan fingerprint density at radius 1 is 1.17 bits per heavy atom. The van der Waals surface area contributed by atoms with Crippen LogP contribution in [0.5, 0.6) is 5.75 Å². The molecule has 178 valence electrons. The molecule has 0 unspecified atom stereocenters. The van der Waals surface area contributed by atoms with Crippen molar-refractivity contribution < 1.29 is 14.6 Å². The van der Waals surface area contributed by atoms with Crippen molar-refractivity contribution in [2.24, 2.45) is 5.73 Å². The number of hydrogen-bond donors (Lipinski definition) is 3. The molecule has 0 saturated carbocycles. The molecular weight excluding hydrogens is 438 g/mol. The van der Waals surface area contributed by atoms with Crippen molar-refractivity contribution in [2.75, 3.05) is 6.61 Å². The number of carbonyl (C=O) groups is 1. The maximum absolute atomic E-state index is 12.4. The molecule has 35 heavy (non-hydrogen) atoms. The number of aromatic amines is 1. The van der Waals surface area contributed by atoms with Crippen molar-refractivity contribution in [3.05, 3.63) is 94.4 Å². The van der Waals surface area contributed by atoms with E-state index in [9.17, 15) is 9.90 Å². The van der Waals surface area contributed by atoms with E-state index in [0.717, 1.165) is 22.0 Å². The van der Waals surface area contributed by atoms with Gasteiger partial charge in [-0.3, -0.25) is 4.79 Å². The summed E-state index contributed by atoms with van der Waals surface area (Å²) in [5, 5.41) is 11.5. The lowest BCUT2D eigenvalue weighted by atomic mass is 9.88. The molecule has 6 heteroatoms. The summed E-state index contributed by atoms with van der Waals surface area (Å²) in [7, 11) is 0. The molecule has 2 aromatic heterocycles. The molecular formula is C29H29N3O3. The second-order valence-corrected chi connectivity index (χ2v) is 8.88. The fourth-order valence-corrected chi connectivity index (χ4v) is 4.16. The molecule has 0 bridgehead atoms. The van der Waals surface area contributed by atoms with E-state index in [2.05, 4.69) is 21.8 Å². The van der Waals surface area contributed by atoms with Crippen molar-refractivity contribution in [1.82, 2.24) is 9.97 Å². The van der Waals surface area contributed by atoms with E-state index < -0.39 is 5.91 Å². The minimum Gasteiger partial charge on any atom is -0.490 e. The van der Waals surface area contributed by atoms with Crippen molar-refractivity contribution >= 4 is 16.8 Å². The van der Waals surface area contributed by atoms with Crippen LogP contribution in [0.2, 0.25) is 0 Å². The van der Waals surface area contributed by atoms with Gasteiger partial charge in [0.05, 0.1) is 18.3 Å². The van der Waals surface area contributed by atoms with Crippen LogP contribution < -0.4 is 10.5 Å². The summed E-state index contributed by atoms with van der Waals surface area (Å²) in [5.41, 5.74) is 11.1. The molecule has 0 spiro atoms. The molecule has 1 atom stereocenters. The molecule has 0 saturated heterocycles. The fourth-order valence-electron chi connectivity index (χ4n) is 4.16. The molecule has 1 amide bonds. The summed E-state index contributed by atoms with van der Waals surface area (Å²) < 4.78 is 6.08. The Hall–Kier alpha value is -4.08. The number of H-pyrrole nitrogens is 1. The minimum absolute atomic E-state index is 0.136. The van der Waals surface area contributed by atoms with E-state index in [0.29, 0.717) is 29.0 Å². The topological polar surface area (TPSA) is 101 Å². The number of carbonyl (C=O) groups excluding carboxylic acids is 1. The zero-order chi connectivity index (χ0) is 24.9. The number of nitrogens with one attached hydrogen (secondary N) is 1. The van der Waals surface area contributed by atoms with E-state index in [4.69, 9.17) is 10.5 Å². The van der Waals surface area contributed by atoms with Crippen LogP contribution in [0.3, 0.4) is 0 Å². The van der Waals surface area contributed by atoms with Crippen LogP contribution in [0, 0.1) is 18.8 Å². The van der Waals surface area contributed by atoms with Crippen LogP contribution in [0.1, 0.15) is 58.1 Å². The average Bonchev–Trinajstić information content (AvgIpc) is 3.24. The van der Waals surface area contributed by atoms with Gasteiger partial charge in [0.25, 0.3) is 5.91 Å². The number of aliphatic hydroxyl groups is 1. The van der Waals surface area contributed by atoms with Crippen molar-refractivity contribution in [1.29, 1.82) is 0 Å². The Labute approximate surface area is 205 Å². The second kappa shape index (κ2) is 10.5. The number of aromatic nitrogens is 2. The largest absolute Gasteiger partial charge is 0.490 e. The Kier molecular flexibility index (Phi) is 7.19. The number of hydrogen-bond acceptors (Lipinski definition) is 4. The van der Waals surface area contributed by atoms with Crippen LogP contribution in [0.25, 0.3) is 10.9 Å². The Bertz CT molecular complexity index is 1430. The maximum Gasteiger partial charge on any atom is 0.252 e. The van der Waals surface area contributed by atoms with Crippen LogP contribution in [0.4, 0.5) is 0 Å². The normalized spacial score (nSPS) is 11.8. The van der Waals surface area contributed by atoms with E-state index in [1.165, 1.54) is 0 Å². The van der Waals surface area contributed by atoms with E-state index in [1.807, 2.05) is 69.4 Å². The third kappa shape index (κ3) is 5.53. The number of pyridine rings is 1. The monoisotopic (exact) mass is 467 g/mol. The number of para-hydroxylation sites is 1. The minimum atomic E-state index is -0.608. The van der Waals surface area contributed by atoms with Crippen LogP contribution in [-0.4, -0.2) is 33.7 Å². The lowest BCUT2D eigenvalue weighted by Gasteiger charge is -2.23. The summed E-state index contributed by atoms with van der Waals surface area (Å²) in [4.78, 5) is 20.0. The summed E-state index contributed by atoms with van der Waals surface area (Å²) in [6.45, 7) is 5.62.